The number of aliphatic hydroxyl groups excluding tert-OH is 1. The van der Waals surface area contributed by atoms with Gasteiger partial charge in [0.05, 0.1) is 11.5 Å². The molecule has 4 fully saturated rings. The molecule has 0 aromatic rings. The van der Waals surface area contributed by atoms with Crippen LogP contribution in [0.1, 0.15) is 99.3 Å². The zero-order valence-electron chi connectivity index (χ0n) is 21.5. The van der Waals surface area contributed by atoms with Gasteiger partial charge in [-0.05, 0) is 108 Å². The lowest BCUT2D eigenvalue weighted by atomic mass is 9.36. The van der Waals surface area contributed by atoms with E-state index < -0.39 is 11.4 Å². The molecule has 0 saturated heterocycles. The molecule has 4 saturated carbocycles. The van der Waals surface area contributed by atoms with Crippen molar-refractivity contribution in [1.82, 2.24) is 0 Å². The highest BCUT2D eigenvalue weighted by molar-refractivity contribution is 6.05. The Morgan fingerprint density at radius 2 is 1.58 bits per heavy atom. The first-order chi connectivity index (χ1) is 15.3. The number of Topliss-reactive ketones (excluding diaryl/α,β-unsaturated/α-hetero) is 1. The molecule has 0 radical (unpaired) electrons. The van der Waals surface area contributed by atoms with Gasteiger partial charge in [-0.25, -0.2) is 0 Å². The lowest BCUT2D eigenvalue weighted by Gasteiger charge is -2.68. The number of aliphatic carboxylic acids is 1. The van der Waals surface area contributed by atoms with Gasteiger partial charge in [0.25, 0.3) is 0 Å². The lowest BCUT2D eigenvalue weighted by molar-refractivity contribution is -0.203. The molecule has 2 N–H and O–H groups in total. The van der Waals surface area contributed by atoms with E-state index in [-0.39, 0.29) is 46.4 Å². The van der Waals surface area contributed by atoms with Crippen LogP contribution in [0.3, 0.4) is 0 Å². The number of aliphatic hydroxyl groups is 1. The number of carboxylic acid groups (broad SMARTS) is 1. The number of hydrogen-bond donors (Lipinski definition) is 2. The number of ketones is 1. The summed E-state index contributed by atoms with van der Waals surface area (Å²) in [5, 5.41) is 21.2. The minimum absolute atomic E-state index is 0.0542. The summed E-state index contributed by atoms with van der Waals surface area (Å²) in [5.74, 6) is 1.25. The van der Waals surface area contributed by atoms with E-state index in [1.807, 2.05) is 0 Å². The first-order valence-corrected chi connectivity index (χ1v) is 13.5. The molecule has 0 amide bonds. The molecule has 33 heavy (non-hydrogen) atoms. The molecule has 0 aliphatic heterocycles. The Balaban J connectivity index is 1.57. The van der Waals surface area contributed by atoms with Crippen molar-refractivity contribution in [2.45, 2.75) is 105 Å². The Hall–Kier alpha value is -1.16. The van der Waals surface area contributed by atoms with Crippen molar-refractivity contribution in [2.75, 3.05) is 0 Å². The zero-order chi connectivity index (χ0) is 24.1. The molecular formula is C29H44O4. The standard InChI is InChI=1S/C29H44O4/c1-16(2)23-19(30)15-29(25(32)33)14-9-18-17(24(23)29)7-8-21-27(18,5)12-10-20-26(3,4)22(31)11-13-28(20,21)6/h16-18,20-22,31H,7-15H2,1-6H3,(H,32,33)/t17?,18?,20?,21?,22-,27-,28-,29?/m0/s1. The average molecular weight is 457 g/mol. The fraction of sp³-hybridized carbons (Fsp3) is 0.862. The molecule has 4 heteroatoms. The van der Waals surface area contributed by atoms with E-state index >= 15 is 0 Å². The maximum Gasteiger partial charge on any atom is 0.314 e. The summed E-state index contributed by atoms with van der Waals surface area (Å²) in [5.41, 5.74) is 1.30. The summed E-state index contributed by atoms with van der Waals surface area (Å²) >= 11 is 0. The molecule has 0 heterocycles. The Labute approximate surface area is 199 Å². The van der Waals surface area contributed by atoms with E-state index in [0.717, 1.165) is 56.1 Å². The summed E-state index contributed by atoms with van der Waals surface area (Å²) in [6, 6.07) is 0. The van der Waals surface area contributed by atoms with Gasteiger partial charge in [-0.1, -0.05) is 41.5 Å². The minimum Gasteiger partial charge on any atom is -0.481 e. The predicted molar refractivity (Wildman–Crippen MR) is 128 cm³/mol. The van der Waals surface area contributed by atoms with Crippen LogP contribution >= 0.6 is 0 Å². The van der Waals surface area contributed by atoms with Crippen molar-refractivity contribution >= 4 is 11.8 Å². The first-order valence-electron chi connectivity index (χ1n) is 13.5. The third-order valence-corrected chi connectivity index (χ3v) is 12.0. The average Bonchev–Trinajstić information content (AvgIpc) is 3.04. The van der Waals surface area contributed by atoms with Crippen LogP contribution in [0.25, 0.3) is 0 Å². The topological polar surface area (TPSA) is 74.6 Å². The lowest BCUT2D eigenvalue weighted by Crippen LogP contribution is -2.62. The van der Waals surface area contributed by atoms with Crippen LogP contribution < -0.4 is 0 Å². The summed E-state index contributed by atoms with van der Waals surface area (Å²) in [4.78, 5) is 25.8. The number of carbonyl (C=O) groups excluding carboxylic acids is 1. The van der Waals surface area contributed by atoms with Crippen molar-refractivity contribution < 1.29 is 19.8 Å². The molecule has 0 bridgehead atoms. The molecule has 184 valence electrons. The number of hydrogen-bond acceptors (Lipinski definition) is 3. The van der Waals surface area contributed by atoms with E-state index in [1.165, 1.54) is 0 Å². The highest BCUT2D eigenvalue weighted by Gasteiger charge is 2.67. The van der Waals surface area contributed by atoms with Crippen LogP contribution in [0.4, 0.5) is 0 Å². The Kier molecular flexibility index (Phi) is 5.13. The molecular weight excluding hydrogens is 412 g/mol. The highest BCUT2D eigenvalue weighted by atomic mass is 16.4. The van der Waals surface area contributed by atoms with Crippen molar-refractivity contribution in [1.29, 1.82) is 0 Å². The van der Waals surface area contributed by atoms with Gasteiger partial charge in [-0.3, -0.25) is 9.59 Å². The van der Waals surface area contributed by atoms with Gasteiger partial charge in [0, 0.05) is 6.42 Å². The van der Waals surface area contributed by atoms with Gasteiger partial charge < -0.3 is 10.2 Å². The molecule has 0 aromatic carbocycles. The van der Waals surface area contributed by atoms with Crippen LogP contribution in [0.15, 0.2) is 11.1 Å². The molecule has 4 nitrogen and oxygen atoms in total. The maximum atomic E-state index is 13.1. The van der Waals surface area contributed by atoms with E-state index in [4.69, 9.17) is 0 Å². The summed E-state index contributed by atoms with van der Waals surface area (Å²) < 4.78 is 0. The maximum absolute atomic E-state index is 13.1. The summed E-state index contributed by atoms with van der Waals surface area (Å²) in [7, 11) is 0. The fourth-order valence-corrected chi connectivity index (χ4v) is 10.5. The van der Waals surface area contributed by atoms with E-state index in [9.17, 15) is 19.8 Å². The van der Waals surface area contributed by atoms with Crippen molar-refractivity contribution in [3.05, 3.63) is 11.1 Å². The van der Waals surface area contributed by atoms with Crippen LogP contribution in [0.5, 0.6) is 0 Å². The van der Waals surface area contributed by atoms with Crippen LogP contribution in [0.2, 0.25) is 0 Å². The van der Waals surface area contributed by atoms with E-state index in [2.05, 4.69) is 41.5 Å². The molecule has 5 aliphatic rings. The zero-order valence-corrected chi connectivity index (χ0v) is 21.5. The number of carbonyl (C=O) groups is 2. The van der Waals surface area contributed by atoms with Crippen LogP contribution in [-0.2, 0) is 9.59 Å². The second-order valence-corrected chi connectivity index (χ2v) is 13.8. The Morgan fingerprint density at radius 3 is 2.21 bits per heavy atom. The third-order valence-electron chi connectivity index (χ3n) is 12.0. The molecule has 0 aromatic heterocycles. The van der Waals surface area contributed by atoms with Crippen molar-refractivity contribution in [2.24, 2.45) is 51.2 Å². The van der Waals surface area contributed by atoms with Crippen LogP contribution in [0, 0.1) is 51.2 Å². The molecule has 5 unspecified atom stereocenters. The number of fused-ring (bicyclic) bond motifs is 7. The minimum atomic E-state index is -0.945. The first kappa shape index (κ1) is 23.6. The summed E-state index contributed by atoms with van der Waals surface area (Å²) in [6.45, 7) is 13.7. The molecule has 8 atom stereocenters. The number of allylic oxidation sites excluding steroid dienone is 1. The van der Waals surface area contributed by atoms with E-state index in [0.29, 0.717) is 24.2 Å². The van der Waals surface area contributed by atoms with Gasteiger partial charge >= 0.3 is 5.97 Å². The largest absolute Gasteiger partial charge is 0.481 e. The van der Waals surface area contributed by atoms with Crippen LogP contribution in [-0.4, -0.2) is 28.1 Å². The van der Waals surface area contributed by atoms with Crippen molar-refractivity contribution in [3.63, 3.8) is 0 Å². The Bertz CT molecular complexity index is 915. The number of rotatable bonds is 2. The van der Waals surface area contributed by atoms with Gasteiger partial charge in [0.2, 0.25) is 0 Å². The second kappa shape index (κ2) is 7.18. The van der Waals surface area contributed by atoms with Gasteiger partial charge in [0.1, 0.15) is 0 Å². The fourth-order valence-electron chi connectivity index (χ4n) is 10.5. The molecule has 5 aliphatic carbocycles. The SMILES string of the molecule is CC(C)C1=C2C3CCC4[C@@](C)(CCC5C(C)(C)[C@@H](O)CC[C@@]54C)C3CCC2(C(=O)O)CC1=O. The van der Waals surface area contributed by atoms with Gasteiger partial charge in [0.15, 0.2) is 5.78 Å². The highest BCUT2D eigenvalue weighted by Crippen LogP contribution is 2.72. The second-order valence-electron chi connectivity index (χ2n) is 13.8. The third kappa shape index (κ3) is 2.85. The van der Waals surface area contributed by atoms with Crippen molar-refractivity contribution in [3.8, 4) is 0 Å². The van der Waals surface area contributed by atoms with E-state index in [1.54, 1.807) is 0 Å². The quantitative estimate of drug-likeness (QED) is 0.532. The van der Waals surface area contributed by atoms with Gasteiger partial charge in [-0.15, -0.1) is 0 Å². The monoisotopic (exact) mass is 456 g/mol. The smallest absolute Gasteiger partial charge is 0.314 e. The normalized spacial score (nSPS) is 48.7. The number of carboxylic acids is 1. The predicted octanol–water partition coefficient (Wildman–Crippen LogP) is 6.02. The molecule has 5 rings (SSSR count). The summed E-state index contributed by atoms with van der Waals surface area (Å²) in [6.07, 6.45) is 7.94. The molecule has 0 spiro atoms. The Morgan fingerprint density at radius 1 is 0.909 bits per heavy atom. The van der Waals surface area contributed by atoms with Gasteiger partial charge in [-0.2, -0.15) is 0 Å².